The van der Waals surface area contributed by atoms with Crippen molar-refractivity contribution in [2.24, 2.45) is 0 Å². The van der Waals surface area contributed by atoms with Crippen LogP contribution < -0.4 is 0 Å². The minimum absolute atomic E-state index is 0.828. The molecule has 0 aliphatic heterocycles. The van der Waals surface area contributed by atoms with Crippen molar-refractivity contribution in [2.75, 3.05) is 51.8 Å². The lowest BCUT2D eigenvalue weighted by Crippen LogP contribution is -2.77. The maximum Gasteiger partial charge on any atom is 0.460 e. The molecule has 4 N–H and O–H groups in total. The summed E-state index contributed by atoms with van der Waals surface area (Å²) < 4.78 is 374. The molecule has 0 aromatic carbocycles. The summed E-state index contributed by atoms with van der Waals surface area (Å²) in [5.74, 6) is -77.7. The highest BCUT2D eigenvalue weighted by Crippen LogP contribution is 2.66. The first-order valence-electron chi connectivity index (χ1n) is 13.9. The smallest absolute Gasteiger partial charge is 0.391 e. The SMILES string of the molecule is C[N+](C)(CCCN(CC(O)CS(=O)(=O)O)S(=O)(=O)C(F)(F)C(F)(F)C(F)(F)C(F)(F)C(F)(F)C(F)(F)C(F)(F)C(F)(F)C(F)(F)C(F)(F)F)CC(O)CS(=O)(=O)O. The molecule has 0 bridgehead atoms. The maximum absolute atomic E-state index is 14.9. The first-order valence-corrected chi connectivity index (χ1v) is 18.5. The summed E-state index contributed by atoms with van der Waals surface area (Å²) >= 11 is 0. The molecule has 0 aliphatic rings. The molecule has 57 heavy (non-hydrogen) atoms. The van der Waals surface area contributed by atoms with Gasteiger partial charge in [-0.05, 0) is 0 Å². The van der Waals surface area contributed by atoms with E-state index in [9.17, 15) is 128 Å². The minimum Gasteiger partial charge on any atom is -0.391 e. The predicted molar refractivity (Wildman–Crippen MR) is 142 cm³/mol. The van der Waals surface area contributed by atoms with Gasteiger partial charge >= 0.3 is 58.8 Å². The average molecular weight is 962 g/mol. The van der Waals surface area contributed by atoms with Gasteiger partial charge in [0, 0.05) is 19.5 Å². The Bertz CT molecular complexity index is 1760. The lowest BCUT2D eigenvalue weighted by Gasteiger charge is -2.44. The van der Waals surface area contributed by atoms with E-state index in [2.05, 4.69) is 0 Å². The number of aliphatic hydroxyl groups is 2. The highest BCUT2D eigenvalue weighted by molar-refractivity contribution is 7.90. The lowest BCUT2D eigenvalue weighted by atomic mass is 9.87. The molecule has 12 nitrogen and oxygen atoms in total. The van der Waals surface area contributed by atoms with E-state index in [1.54, 1.807) is 0 Å². The van der Waals surface area contributed by atoms with Crippen LogP contribution in [0.15, 0.2) is 0 Å². The summed E-state index contributed by atoms with van der Waals surface area (Å²) in [5, 5.41) is 11.2. The second kappa shape index (κ2) is 15.9. The van der Waals surface area contributed by atoms with Crippen LogP contribution in [0.1, 0.15) is 6.42 Å². The maximum atomic E-state index is 14.9. The van der Waals surface area contributed by atoms with E-state index in [-0.39, 0.29) is 0 Å². The predicted octanol–water partition coefficient (Wildman–Crippen LogP) is 3.82. The van der Waals surface area contributed by atoms with E-state index < -0.39 is 154 Å². The highest BCUT2D eigenvalue weighted by Gasteiger charge is 2.98. The molecule has 36 heteroatoms. The number of hydrogen-bond donors (Lipinski definition) is 4. The number of halogens is 21. The molecule has 0 saturated carbocycles. The number of alkyl halides is 21. The van der Waals surface area contributed by atoms with E-state index in [1.165, 1.54) is 0 Å². The third-order valence-corrected chi connectivity index (χ3v) is 10.8. The quantitative estimate of drug-likeness (QED) is 0.0707. The Kier molecular flexibility index (Phi) is 15.4. The molecule has 2 unspecified atom stereocenters. The summed E-state index contributed by atoms with van der Waals surface area (Å²) in [7, 11) is -16.8. The van der Waals surface area contributed by atoms with Crippen LogP contribution in [0.3, 0.4) is 0 Å². The van der Waals surface area contributed by atoms with Crippen molar-refractivity contribution in [1.82, 2.24) is 4.31 Å². The van der Waals surface area contributed by atoms with Gasteiger partial charge < -0.3 is 14.7 Å². The second-order valence-corrected chi connectivity index (χ2v) is 17.4. The van der Waals surface area contributed by atoms with Crippen LogP contribution in [0.25, 0.3) is 0 Å². The van der Waals surface area contributed by atoms with Crippen molar-refractivity contribution in [2.45, 2.75) is 77.4 Å². The molecular weight excluding hydrogens is 935 g/mol. The van der Waals surface area contributed by atoms with Gasteiger partial charge in [0.1, 0.15) is 24.2 Å². The van der Waals surface area contributed by atoms with Gasteiger partial charge in [0.25, 0.3) is 30.3 Å². The number of nitrogens with zero attached hydrogens (tertiary/aromatic N) is 2. The van der Waals surface area contributed by atoms with E-state index >= 15 is 0 Å². The van der Waals surface area contributed by atoms with Crippen LogP contribution in [0.5, 0.6) is 0 Å². The molecule has 344 valence electrons. The summed E-state index contributed by atoms with van der Waals surface area (Å²) in [6.07, 6.45) is -14.6. The third-order valence-electron chi connectivity index (χ3n) is 7.24. The van der Waals surface area contributed by atoms with Crippen molar-refractivity contribution in [3.8, 4) is 0 Å². The third kappa shape index (κ3) is 10.2. The van der Waals surface area contributed by atoms with Crippen LogP contribution in [0, 0.1) is 0 Å². The van der Waals surface area contributed by atoms with Gasteiger partial charge in [-0.2, -0.15) is 113 Å². The van der Waals surface area contributed by atoms with Crippen molar-refractivity contribution in [1.29, 1.82) is 0 Å². The fourth-order valence-electron chi connectivity index (χ4n) is 4.34. The lowest BCUT2D eigenvalue weighted by molar-refractivity contribution is -0.893. The van der Waals surface area contributed by atoms with E-state index in [1.807, 2.05) is 0 Å². The number of likely N-dealkylation sites (N-methyl/N-ethyl adjacent to an activating group) is 1. The molecule has 0 saturated heterocycles. The molecule has 0 spiro atoms. The fourth-order valence-corrected chi connectivity index (χ4v) is 7.04. The Morgan fingerprint density at radius 3 is 1.12 bits per heavy atom. The van der Waals surface area contributed by atoms with Crippen LogP contribution in [0.4, 0.5) is 92.2 Å². The van der Waals surface area contributed by atoms with Gasteiger partial charge in [-0.1, -0.05) is 0 Å². The summed E-state index contributed by atoms with van der Waals surface area (Å²) in [4.78, 5) is 0. The highest BCUT2D eigenvalue weighted by atomic mass is 32.2. The summed E-state index contributed by atoms with van der Waals surface area (Å²) in [6.45, 7) is -6.13. The summed E-state index contributed by atoms with van der Waals surface area (Å²) in [6, 6.07) is 0. The molecule has 0 aromatic rings. The van der Waals surface area contributed by atoms with Gasteiger partial charge in [-0.15, -0.1) is 0 Å². The van der Waals surface area contributed by atoms with E-state index in [0.717, 1.165) is 14.1 Å². The van der Waals surface area contributed by atoms with Crippen LogP contribution in [-0.4, -0.2) is 176 Å². The number of rotatable bonds is 22. The standard InChI is InChI=1S/C21H25F21N2O10S3/c1-44(2,7-11(46)9-56(50,51)52)5-3-4-43(6-10(45)8-55(47,48)49)57(53,54)21(41,42)19(36,37)17(32,33)15(28,29)13(24,25)12(22,23)14(26,27)16(30,31)18(34,35)20(38,39)40/h10-11,45-46H,3-9H2,1-2H3,(H-,47,48,49,50,51,52)/p+1. The van der Waals surface area contributed by atoms with Crippen LogP contribution in [-0.2, 0) is 30.3 Å². The van der Waals surface area contributed by atoms with Crippen molar-refractivity contribution in [3.05, 3.63) is 0 Å². The van der Waals surface area contributed by atoms with Gasteiger partial charge in [-0.25, -0.2) is 8.42 Å². The Balaban J connectivity index is 7.34. The number of aliphatic hydroxyl groups excluding tert-OH is 2. The molecule has 0 heterocycles. The van der Waals surface area contributed by atoms with Crippen molar-refractivity contribution < 1.29 is 141 Å². The topological polar surface area (TPSA) is 187 Å². The Hall–Kier alpha value is -1.86. The number of sulfonamides is 1. The molecule has 0 radical (unpaired) electrons. The molecule has 2 atom stereocenters. The van der Waals surface area contributed by atoms with Crippen molar-refractivity contribution >= 4 is 30.3 Å². The Labute approximate surface area is 305 Å². The number of quaternary nitrogens is 1. The monoisotopic (exact) mass is 961 g/mol. The Morgan fingerprint density at radius 2 is 0.807 bits per heavy atom. The molecule has 0 amide bonds. The fraction of sp³-hybridized carbons (Fsp3) is 1.00. The zero-order valence-electron chi connectivity index (χ0n) is 27.4. The normalized spacial score (nSPS) is 17.3. The molecule has 0 fully saturated rings. The first-order chi connectivity index (χ1) is 24.3. The Morgan fingerprint density at radius 1 is 0.509 bits per heavy atom. The van der Waals surface area contributed by atoms with E-state index in [4.69, 9.17) is 9.11 Å². The van der Waals surface area contributed by atoms with Gasteiger partial charge in [0.15, 0.2) is 0 Å². The van der Waals surface area contributed by atoms with Gasteiger partial charge in [0.2, 0.25) is 0 Å². The molecule has 0 rings (SSSR count). The average Bonchev–Trinajstić information content (AvgIpc) is 2.92. The van der Waals surface area contributed by atoms with Crippen molar-refractivity contribution in [3.63, 3.8) is 0 Å². The zero-order chi connectivity index (χ0) is 46.7. The largest absolute Gasteiger partial charge is 0.460 e. The molecule has 0 aromatic heterocycles. The second-order valence-electron chi connectivity index (χ2n) is 12.5. The molecule has 0 aliphatic carbocycles. The minimum atomic E-state index is -9.57. The zero-order valence-corrected chi connectivity index (χ0v) is 29.8. The van der Waals surface area contributed by atoms with E-state index in [0.29, 0.717) is 0 Å². The van der Waals surface area contributed by atoms with Gasteiger partial charge in [0.05, 0.1) is 26.7 Å². The van der Waals surface area contributed by atoms with Crippen LogP contribution in [0.2, 0.25) is 0 Å². The van der Waals surface area contributed by atoms with Gasteiger partial charge in [-0.3, -0.25) is 9.11 Å². The number of hydrogen-bond acceptors (Lipinski definition) is 8. The van der Waals surface area contributed by atoms with Crippen LogP contribution >= 0.6 is 0 Å². The first kappa shape index (κ1) is 55.1. The molecular formula is C21H26F21N2O10S3+. The summed E-state index contributed by atoms with van der Waals surface area (Å²) in [5.41, 5.74) is 0.